The molecule has 0 aliphatic carbocycles. The lowest BCUT2D eigenvalue weighted by molar-refractivity contribution is -0.132. The number of halogens is 3. The molecule has 2 N–H and O–H groups in total. The first-order chi connectivity index (χ1) is 16.8. The molecule has 0 radical (unpaired) electrons. The molecule has 3 aromatic carbocycles. The molecule has 0 bridgehead atoms. The van der Waals surface area contributed by atoms with Crippen molar-refractivity contribution < 1.29 is 28.2 Å². The first-order valence-electron chi connectivity index (χ1n) is 10.3. The number of carbonyl (C=O) groups excluding carboxylic acids is 2. The second-order valence-corrected chi connectivity index (χ2v) is 8.71. The van der Waals surface area contributed by atoms with Crippen LogP contribution in [0.15, 0.2) is 70.7 Å². The van der Waals surface area contributed by atoms with Crippen LogP contribution >= 0.6 is 15.9 Å². The molecule has 1 aliphatic heterocycles. The molecule has 1 fully saturated rings. The molecule has 1 amide bonds. The van der Waals surface area contributed by atoms with E-state index in [1.165, 1.54) is 7.11 Å². The van der Waals surface area contributed by atoms with Crippen molar-refractivity contribution in [3.05, 3.63) is 93.5 Å². The Labute approximate surface area is 205 Å². The maximum absolute atomic E-state index is 13.8. The van der Waals surface area contributed by atoms with Gasteiger partial charge in [0.1, 0.15) is 11.5 Å². The number of Topliss-reactive ketones (excluding diaryl/α,β-unsaturated/α-hetero) is 1. The number of carbonyl (C=O) groups is 2. The van der Waals surface area contributed by atoms with Crippen LogP contribution in [0.25, 0.3) is 16.8 Å². The normalized spacial score (nSPS) is 17.4. The van der Waals surface area contributed by atoms with Crippen LogP contribution < -0.4 is 9.64 Å². The first-order valence-corrected chi connectivity index (χ1v) is 11.1. The van der Waals surface area contributed by atoms with Crippen LogP contribution in [0.4, 0.5) is 14.7 Å². The first kappa shape index (κ1) is 22.7. The number of nitrogens with zero attached hydrogens (tertiary/aromatic N) is 2. The smallest absolute Gasteiger partial charge is 0.302 e. The lowest BCUT2D eigenvalue weighted by Gasteiger charge is -2.23. The number of hydrogen-bond donors (Lipinski definition) is 2. The van der Waals surface area contributed by atoms with E-state index in [4.69, 9.17) is 4.74 Å². The fourth-order valence-electron chi connectivity index (χ4n) is 4.05. The summed E-state index contributed by atoms with van der Waals surface area (Å²) in [6.07, 6.45) is 0. The minimum absolute atomic E-state index is 0.0677. The molecule has 0 saturated carbocycles. The van der Waals surface area contributed by atoms with E-state index >= 15 is 0 Å². The molecular formula is C25H16BrF2N3O4. The van der Waals surface area contributed by atoms with E-state index in [0.29, 0.717) is 16.9 Å². The van der Waals surface area contributed by atoms with Crippen LogP contribution in [-0.4, -0.2) is 33.9 Å². The number of aromatic nitrogens is 2. The van der Waals surface area contributed by atoms with Gasteiger partial charge in [-0.3, -0.25) is 14.5 Å². The van der Waals surface area contributed by atoms with Crippen molar-refractivity contribution >= 4 is 50.4 Å². The monoisotopic (exact) mass is 539 g/mol. The zero-order chi connectivity index (χ0) is 24.9. The number of ether oxygens (including phenoxy) is 1. The van der Waals surface area contributed by atoms with Gasteiger partial charge in [-0.15, -0.1) is 0 Å². The lowest BCUT2D eigenvalue weighted by atomic mass is 9.95. The highest BCUT2D eigenvalue weighted by molar-refractivity contribution is 9.10. The predicted octanol–water partition coefficient (Wildman–Crippen LogP) is 5.24. The molecule has 2 heterocycles. The fraction of sp³-hybridized carbons (Fsp3) is 0.0800. The van der Waals surface area contributed by atoms with Crippen molar-refractivity contribution in [2.75, 3.05) is 12.0 Å². The molecule has 5 rings (SSSR count). The summed E-state index contributed by atoms with van der Waals surface area (Å²) in [7, 11) is 1.47. The van der Waals surface area contributed by atoms with Gasteiger partial charge >= 0.3 is 5.91 Å². The van der Waals surface area contributed by atoms with Crippen LogP contribution in [0.1, 0.15) is 17.2 Å². The Balaban J connectivity index is 1.74. The van der Waals surface area contributed by atoms with Gasteiger partial charge in [-0.1, -0.05) is 40.2 Å². The van der Waals surface area contributed by atoms with Crippen molar-refractivity contribution in [3.63, 3.8) is 0 Å². The standard InChI is InChI=1S/C25H16BrF2N3O4/c1-35-15-4-2-3-13(9-15)21-20(22(32)12-5-7-14(26)8-6-12)23(33)24(34)31(21)25-29-18-10-16(27)17(28)11-19(18)30-25/h2-11,21,32H,1H3,(H,29,30)/b22-20+. The van der Waals surface area contributed by atoms with Gasteiger partial charge in [-0.25, -0.2) is 13.8 Å². The Morgan fingerprint density at radius 2 is 1.80 bits per heavy atom. The van der Waals surface area contributed by atoms with Gasteiger partial charge in [-0.2, -0.15) is 0 Å². The largest absolute Gasteiger partial charge is 0.507 e. The average molecular weight is 540 g/mol. The van der Waals surface area contributed by atoms with Gasteiger partial charge in [0.2, 0.25) is 5.95 Å². The highest BCUT2D eigenvalue weighted by Gasteiger charge is 2.48. The molecule has 1 atom stereocenters. The maximum Gasteiger partial charge on any atom is 0.302 e. The fourth-order valence-corrected chi connectivity index (χ4v) is 4.31. The number of ketones is 1. The number of H-pyrrole nitrogens is 1. The van der Waals surface area contributed by atoms with E-state index in [-0.39, 0.29) is 28.3 Å². The molecule has 35 heavy (non-hydrogen) atoms. The van der Waals surface area contributed by atoms with E-state index < -0.39 is 29.4 Å². The Morgan fingerprint density at radius 1 is 1.09 bits per heavy atom. The van der Waals surface area contributed by atoms with Crippen molar-refractivity contribution in [1.82, 2.24) is 9.97 Å². The molecule has 4 aromatic rings. The molecule has 1 aliphatic rings. The number of aliphatic hydroxyl groups excluding tert-OH is 1. The number of amides is 1. The van der Waals surface area contributed by atoms with Gasteiger partial charge in [0, 0.05) is 22.2 Å². The molecule has 176 valence electrons. The summed E-state index contributed by atoms with van der Waals surface area (Å²) in [5.41, 5.74) is 0.826. The lowest BCUT2D eigenvalue weighted by Crippen LogP contribution is -2.30. The Hall–Kier alpha value is -4.05. The number of nitrogens with one attached hydrogen (secondary N) is 1. The number of imidazole rings is 1. The maximum atomic E-state index is 13.8. The van der Waals surface area contributed by atoms with Gasteiger partial charge in [0.05, 0.1) is 29.8 Å². The topological polar surface area (TPSA) is 95.5 Å². The van der Waals surface area contributed by atoms with E-state index in [1.54, 1.807) is 48.5 Å². The van der Waals surface area contributed by atoms with Crippen LogP contribution in [0.3, 0.4) is 0 Å². The summed E-state index contributed by atoms with van der Waals surface area (Å²) in [6, 6.07) is 14.0. The summed E-state index contributed by atoms with van der Waals surface area (Å²) in [5.74, 6) is -4.10. The molecule has 10 heteroatoms. The Kier molecular flexibility index (Phi) is 5.60. The van der Waals surface area contributed by atoms with E-state index in [1.807, 2.05) is 0 Å². The third kappa shape index (κ3) is 3.85. The minimum atomic E-state index is -1.10. The Bertz CT molecular complexity index is 1490. The number of rotatable bonds is 4. The zero-order valence-corrected chi connectivity index (χ0v) is 19.6. The second-order valence-electron chi connectivity index (χ2n) is 7.80. The van der Waals surface area contributed by atoms with Crippen molar-refractivity contribution in [2.45, 2.75) is 6.04 Å². The highest BCUT2D eigenvalue weighted by atomic mass is 79.9. The van der Waals surface area contributed by atoms with Crippen molar-refractivity contribution in [2.24, 2.45) is 0 Å². The molecule has 1 saturated heterocycles. The van der Waals surface area contributed by atoms with Crippen LogP contribution in [-0.2, 0) is 9.59 Å². The quantitative estimate of drug-likeness (QED) is 0.210. The van der Waals surface area contributed by atoms with Crippen LogP contribution in [0, 0.1) is 11.6 Å². The highest BCUT2D eigenvalue weighted by Crippen LogP contribution is 2.42. The zero-order valence-electron chi connectivity index (χ0n) is 18.1. The van der Waals surface area contributed by atoms with Gasteiger partial charge in [0.15, 0.2) is 11.6 Å². The second kappa shape index (κ2) is 8.62. The third-order valence-electron chi connectivity index (χ3n) is 5.71. The van der Waals surface area contributed by atoms with Gasteiger partial charge < -0.3 is 14.8 Å². The summed E-state index contributed by atoms with van der Waals surface area (Å²) in [4.78, 5) is 34.5. The number of anilines is 1. The summed E-state index contributed by atoms with van der Waals surface area (Å²) in [5, 5.41) is 11.1. The number of methoxy groups -OCH3 is 1. The molecule has 1 aromatic heterocycles. The van der Waals surface area contributed by atoms with Crippen molar-refractivity contribution in [3.8, 4) is 5.75 Å². The number of aliphatic hydroxyl groups is 1. The van der Waals surface area contributed by atoms with Crippen LogP contribution in [0.5, 0.6) is 5.75 Å². The number of hydrogen-bond acceptors (Lipinski definition) is 5. The average Bonchev–Trinajstić information content (AvgIpc) is 3.37. The third-order valence-corrected chi connectivity index (χ3v) is 6.24. The molecule has 7 nitrogen and oxygen atoms in total. The number of aromatic amines is 1. The molecule has 1 unspecified atom stereocenters. The van der Waals surface area contributed by atoms with E-state index in [2.05, 4.69) is 25.9 Å². The summed E-state index contributed by atoms with van der Waals surface area (Å²) < 4.78 is 33.6. The van der Waals surface area contributed by atoms with Crippen LogP contribution in [0.2, 0.25) is 0 Å². The number of fused-ring (bicyclic) bond motifs is 1. The van der Waals surface area contributed by atoms with E-state index in [9.17, 15) is 23.5 Å². The van der Waals surface area contributed by atoms with E-state index in [0.717, 1.165) is 21.5 Å². The van der Waals surface area contributed by atoms with Gasteiger partial charge in [-0.05, 0) is 29.8 Å². The van der Waals surface area contributed by atoms with Crippen molar-refractivity contribution in [1.29, 1.82) is 0 Å². The summed E-state index contributed by atoms with van der Waals surface area (Å²) in [6.45, 7) is 0. The Morgan fingerprint density at radius 3 is 2.51 bits per heavy atom. The predicted molar refractivity (Wildman–Crippen MR) is 128 cm³/mol. The minimum Gasteiger partial charge on any atom is -0.507 e. The number of benzene rings is 3. The molecule has 0 spiro atoms. The van der Waals surface area contributed by atoms with Gasteiger partial charge in [0.25, 0.3) is 5.78 Å². The SMILES string of the molecule is COc1cccc(C2/C(=C(\O)c3ccc(Br)cc3)C(=O)C(=O)N2c2nc3cc(F)c(F)cc3[nH]2)c1. The summed E-state index contributed by atoms with van der Waals surface area (Å²) >= 11 is 3.32. The molecular weight excluding hydrogens is 524 g/mol.